The summed E-state index contributed by atoms with van der Waals surface area (Å²) in [6.45, 7) is 0.236. The first-order valence-corrected chi connectivity index (χ1v) is 6.28. The Balaban J connectivity index is 2.04. The molecule has 88 valence electrons. The quantitative estimate of drug-likeness (QED) is 0.845. The normalized spacial score (nSPS) is 10.5. The van der Waals surface area contributed by atoms with Crippen LogP contribution in [0.2, 0.25) is 0 Å². The van der Waals surface area contributed by atoms with Gasteiger partial charge in [-0.25, -0.2) is 4.39 Å². The van der Waals surface area contributed by atoms with E-state index < -0.39 is 0 Å². The van der Waals surface area contributed by atoms with E-state index in [0.717, 1.165) is 16.2 Å². The smallest absolute Gasteiger partial charge is 0.127 e. The van der Waals surface area contributed by atoms with Crippen LogP contribution in [0.5, 0.6) is 0 Å². The van der Waals surface area contributed by atoms with Gasteiger partial charge in [-0.3, -0.25) is 4.98 Å². The number of nitrogens with two attached hydrogens (primary N) is 1. The lowest BCUT2D eigenvalue weighted by Crippen LogP contribution is -2.00. The van der Waals surface area contributed by atoms with E-state index >= 15 is 0 Å². The van der Waals surface area contributed by atoms with Crippen LogP contribution in [0.3, 0.4) is 0 Å². The van der Waals surface area contributed by atoms with Crippen LogP contribution in [0.15, 0.2) is 47.6 Å². The third-order valence-corrected chi connectivity index (χ3v) is 3.47. The molecule has 17 heavy (non-hydrogen) atoms. The molecular weight excluding hydrogens is 235 g/mol. The maximum atomic E-state index is 13.2. The second-order valence-electron chi connectivity index (χ2n) is 3.60. The monoisotopic (exact) mass is 248 g/mol. The molecule has 2 aromatic rings. The number of nitrogens with zero attached hydrogens (tertiary/aromatic N) is 1. The molecule has 0 saturated heterocycles. The Bertz CT molecular complexity index is 488. The van der Waals surface area contributed by atoms with Crippen LogP contribution < -0.4 is 5.73 Å². The van der Waals surface area contributed by atoms with Gasteiger partial charge < -0.3 is 5.73 Å². The topological polar surface area (TPSA) is 38.9 Å². The highest BCUT2D eigenvalue weighted by Gasteiger charge is 2.02. The summed E-state index contributed by atoms with van der Waals surface area (Å²) in [5, 5.41) is 0. The van der Waals surface area contributed by atoms with Crippen LogP contribution in [0.1, 0.15) is 11.1 Å². The molecule has 0 aliphatic heterocycles. The molecule has 0 radical (unpaired) electrons. The van der Waals surface area contributed by atoms with E-state index in [0.29, 0.717) is 5.56 Å². The van der Waals surface area contributed by atoms with Gasteiger partial charge in [-0.1, -0.05) is 12.1 Å². The predicted octanol–water partition coefficient (Wildman–Crippen LogP) is 2.97. The SMILES string of the molecule is NCc1cc(CSc2ccncc2)ccc1F. The predicted molar refractivity (Wildman–Crippen MR) is 68.1 cm³/mol. The fourth-order valence-electron chi connectivity index (χ4n) is 1.48. The lowest BCUT2D eigenvalue weighted by Gasteiger charge is -2.05. The van der Waals surface area contributed by atoms with Crippen LogP contribution in [0, 0.1) is 5.82 Å². The summed E-state index contributed by atoms with van der Waals surface area (Å²) in [6, 6.07) is 9.01. The van der Waals surface area contributed by atoms with E-state index in [4.69, 9.17) is 5.73 Å². The summed E-state index contributed by atoms with van der Waals surface area (Å²) in [7, 11) is 0. The minimum Gasteiger partial charge on any atom is -0.326 e. The second-order valence-corrected chi connectivity index (χ2v) is 4.65. The van der Waals surface area contributed by atoms with Crippen molar-refractivity contribution in [3.8, 4) is 0 Å². The average Bonchev–Trinajstić information content (AvgIpc) is 2.39. The van der Waals surface area contributed by atoms with Crippen molar-refractivity contribution in [3.63, 3.8) is 0 Å². The first-order chi connectivity index (χ1) is 8.29. The van der Waals surface area contributed by atoms with E-state index in [-0.39, 0.29) is 12.4 Å². The van der Waals surface area contributed by atoms with Crippen molar-refractivity contribution in [1.29, 1.82) is 0 Å². The molecule has 1 heterocycles. The number of halogens is 1. The number of rotatable bonds is 4. The van der Waals surface area contributed by atoms with Crippen molar-refractivity contribution in [2.45, 2.75) is 17.2 Å². The molecule has 0 bridgehead atoms. The van der Waals surface area contributed by atoms with E-state index in [1.165, 1.54) is 6.07 Å². The summed E-state index contributed by atoms with van der Waals surface area (Å²) in [5.74, 6) is 0.572. The van der Waals surface area contributed by atoms with Gasteiger partial charge in [0, 0.05) is 35.2 Å². The largest absolute Gasteiger partial charge is 0.326 e. The zero-order valence-electron chi connectivity index (χ0n) is 9.27. The summed E-state index contributed by atoms with van der Waals surface area (Å²) in [6.07, 6.45) is 3.52. The highest BCUT2D eigenvalue weighted by molar-refractivity contribution is 7.98. The first-order valence-electron chi connectivity index (χ1n) is 5.30. The van der Waals surface area contributed by atoms with Crippen molar-refractivity contribution in [2.24, 2.45) is 5.73 Å². The standard InChI is InChI=1S/C13H13FN2S/c14-13-2-1-10(7-11(13)8-15)9-17-12-3-5-16-6-4-12/h1-7H,8-9,15H2. The number of hydrogen-bond acceptors (Lipinski definition) is 3. The summed E-state index contributed by atoms with van der Waals surface area (Å²) in [4.78, 5) is 5.11. The molecule has 0 spiro atoms. The Hall–Kier alpha value is -1.39. The zero-order chi connectivity index (χ0) is 12.1. The molecule has 2 nitrogen and oxygen atoms in total. The van der Waals surface area contributed by atoms with Crippen LogP contribution >= 0.6 is 11.8 Å². The second kappa shape index (κ2) is 5.80. The van der Waals surface area contributed by atoms with E-state index in [9.17, 15) is 4.39 Å². The number of aromatic nitrogens is 1. The van der Waals surface area contributed by atoms with Gasteiger partial charge in [0.2, 0.25) is 0 Å². The molecule has 0 unspecified atom stereocenters. The van der Waals surface area contributed by atoms with Crippen molar-refractivity contribution < 1.29 is 4.39 Å². The third-order valence-electron chi connectivity index (χ3n) is 2.39. The van der Waals surface area contributed by atoms with Gasteiger partial charge in [0.15, 0.2) is 0 Å². The van der Waals surface area contributed by atoms with Gasteiger partial charge in [-0.2, -0.15) is 0 Å². The summed E-state index contributed by atoms with van der Waals surface area (Å²) < 4.78 is 13.2. The summed E-state index contributed by atoms with van der Waals surface area (Å²) in [5.41, 5.74) is 7.12. The van der Waals surface area contributed by atoms with Crippen LogP contribution in [0.4, 0.5) is 4.39 Å². The average molecular weight is 248 g/mol. The lowest BCUT2D eigenvalue weighted by molar-refractivity contribution is 0.610. The lowest BCUT2D eigenvalue weighted by atomic mass is 10.1. The molecule has 0 fully saturated rings. The fraction of sp³-hybridized carbons (Fsp3) is 0.154. The van der Waals surface area contributed by atoms with Gasteiger partial charge in [0.05, 0.1) is 0 Å². The maximum Gasteiger partial charge on any atom is 0.127 e. The van der Waals surface area contributed by atoms with E-state index in [1.807, 2.05) is 18.2 Å². The Morgan fingerprint density at radius 1 is 1.18 bits per heavy atom. The minimum absolute atomic E-state index is 0.231. The number of benzene rings is 1. The fourth-order valence-corrected chi connectivity index (χ4v) is 2.30. The molecule has 1 aromatic carbocycles. The molecule has 0 saturated carbocycles. The Labute approximate surface area is 104 Å². The number of pyridine rings is 1. The molecule has 2 N–H and O–H groups in total. The number of thioether (sulfide) groups is 1. The minimum atomic E-state index is -0.231. The highest BCUT2D eigenvalue weighted by atomic mass is 32.2. The Morgan fingerprint density at radius 2 is 1.94 bits per heavy atom. The molecule has 1 aromatic heterocycles. The molecule has 0 aliphatic rings. The van der Waals surface area contributed by atoms with Crippen LogP contribution in [-0.2, 0) is 12.3 Å². The van der Waals surface area contributed by atoms with Gasteiger partial charge in [-0.15, -0.1) is 11.8 Å². The van der Waals surface area contributed by atoms with Crippen molar-refractivity contribution in [2.75, 3.05) is 0 Å². The molecule has 4 heteroatoms. The van der Waals surface area contributed by atoms with E-state index in [1.54, 1.807) is 30.2 Å². The first kappa shape index (κ1) is 12.1. The van der Waals surface area contributed by atoms with Crippen LogP contribution in [-0.4, -0.2) is 4.98 Å². The molecule has 0 aliphatic carbocycles. The Kier molecular flexibility index (Phi) is 4.12. The molecule has 2 rings (SSSR count). The maximum absolute atomic E-state index is 13.2. The molecule has 0 atom stereocenters. The van der Waals surface area contributed by atoms with Gasteiger partial charge in [0.1, 0.15) is 5.82 Å². The van der Waals surface area contributed by atoms with E-state index in [2.05, 4.69) is 4.98 Å². The van der Waals surface area contributed by atoms with Crippen molar-refractivity contribution in [3.05, 3.63) is 59.7 Å². The van der Waals surface area contributed by atoms with Crippen molar-refractivity contribution in [1.82, 2.24) is 4.98 Å². The molecule has 0 amide bonds. The van der Waals surface area contributed by atoms with Crippen molar-refractivity contribution >= 4 is 11.8 Å². The van der Waals surface area contributed by atoms with Gasteiger partial charge in [-0.05, 0) is 23.8 Å². The summed E-state index contributed by atoms with van der Waals surface area (Å²) >= 11 is 1.70. The zero-order valence-corrected chi connectivity index (χ0v) is 10.1. The molecular formula is C13H13FN2S. The van der Waals surface area contributed by atoms with Crippen LogP contribution in [0.25, 0.3) is 0 Å². The van der Waals surface area contributed by atoms with Gasteiger partial charge in [0.25, 0.3) is 0 Å². The Morgan fingerprint density at radius 3 is 2.65 bits per heavy atom. The number of hydrogen-bond donors (Lipinski definition) is 1. The highest BCUT2D eigenvalue weighted by Crippen LogP contribution is 2.22. The van der Waals surface area contributed by atoms with Gasteiger partial charge >= 0.3 is 0 Å². The third kappa shape index (κ3) is 3.28.